The van der Waals surface area contributed by atoms with E-state index < -0.39 is 57.2 Å². The zero-order valence-corrected chi connectivity index (χ0v) is 34.8. The molecule has 6 aromatic rings. The highest BCUT2D eigenvalue weighted by molar-refractivity contribution is 7.90. The van der Waals surface area contributed by atoms with E-state index in [0.717, 1.165) is 12.5 Å². The van der Waals surface area contributed by atoms with Crippen LogP contribution in [0.1, 0.15) is 577 Å². The Bertz CT molecular complexity index is 2920. The van der Waals surface area contributed by atoms with Crippen molar-refractivity contribution in [3.63, 3.8) is 0 Å². The molecule has 14 nitrogen and oxygen atoms in total. The normalized spacial score (nSPS) is 6.25. The fourth-order valence-corrected chi connectivity index (χ4v) is 7.52. The Hall–Kier alpha value is -5.80. The Morgan fingerprint density at radius 1 is 0.358 bits per heavy atom. The van der Waals surface area contributed by atoms with Gasteiger partial charge in [0.1, 0.15) is 24.4 Å². The largest absolute Gasteiger partial charge is 0.450 e. The van der Waals surface area contributed by atoms with Crippen LogP contribution < -0.4 is 16.4 Å². The minimum Gasteiger partial charge on any atom is -0.450 e. The second-order valence-corrected chi connectivity index (χ2v) is 16.6. The number of carbonyl (C=O) groups is 1. The fraction of sp³-hybridized carbons (Fsp3) is 0.763. The molecule has 1 fully saturated rings. The molecule has 1 aliphatic heterocycles. The highest BCUT2D eigenvalue weighted by atomic mass is 35.5. The molecule has 1 N–H and O–H groups in total. The predicted octanol–water partition coefficient (Wildman–Crippen LogP) is 55.5. The van der Waals surface area contributed by atoms with Gasteiger partial charge >= 0.3 is 18.4 Å². The smallest absolute Gasteiger partial charge is 0.409 e. The number of halogens is 8. The number of nitrogens with one attached hydrogen (secondary N) is 1. The first-order valence-electron chi connectivity index (χ1n) is 18.5. The van der Waals surface area contributed by atoms with Gasteiger partial charge in [0.25, 0.3) is 11.1 Å². The van der Waals surface area contributed by atoms with Crippen molar-refractivity contribution >= 4 is 67.1 Å². The van der Waals surface area contributed by atoms with Crippen molar-refractivity contribution in [2.45, 2.75) is 613 Å². The molecule has 0 aliphatic carbocycles. The van der Waals surface area contributed by atoms with Crippen LogP contribution >= 0.6 is 23.2 Å². The standard InChI is InChI=1S/C23H23ClF3N5O3.C16H11ClF3N3O3S.75CH4/c1-2-35-22(34)31-9-7-15(8-10-31)29-21-28-12-14-11-17(16-5-3-4-6-18(16)24)20(33)32(19(14)30-21)13-23(25,26)27;1-27(25,26)15-21-7-9-6-11(10-4-2-3-5-12(10)17)14(24)23(13(9)22-15)8-16(18,19)20;;;;;;;;;;;;;;;;;;;;;;;;;;;;;;;;;;;;;;;;;;;;;;;;;;;;;;;;;;;;;;;;;;;;;;;;;;;/h3-6,11-12,15H,2,7-10,13H2,1H3,(H,28,29,30);2-7H,8H2,1H3;75*1H4. The highest BCUT2D eigenvalue weighted by Gasteiger charge is 2.32. The third-order valence-electron chi connectivity index (χ3n) is 9.32. The number of likely N-dealkylation sites (tertiary alicyclic amines) is 1. The van der Waals surface area contributed by atoms with Gasteiger partial charge in [-0.2, -0.15) is 36.3 Å². The number of sulfone groups is 1. The Morgan fingerprint density at radius 2 is 0.569 bits per heavy atom. The molecule has 0 unspecified atom stereocenters. The van der Waals surface area contributed by atoms with Crippen molar-refractivity contribution < 1.29 is 44.3 Å². The molecule has 0 bridgehead atoms. The van der Waals surface area contributed by atoms with Crippen LogP contribution in [-0.2, 0) is 27.7 Å². The van der Waals surface area contributed by atoms with Gasteiger partial charge in [0.15, 0.2) is 0 Å². The average molecular weight is 2130 g/mol. The van der Waals surface area contributed by atoms with Crippen molar-refractivity contribution in [2.24, 2.45) is 0 Å². The van der Waals surface area contributed by atoms with Gasteiger partial charge in [-0.3, -0.25) is 18.7 Å². The number of anilines is 1. The third-order valence-corrected chi connectivity index (χ3v) is 10.8. The number of carbonyl (C=O) groups excluding carboxylic acids is 1. The number of ether oxygens (including phenoxy) is 1. The van der Waals surface area contributed by atoms with Gasteiger partial charge in [-0.15, -0.1) is 0 Å². The number of pyridine rings is 2. The lowest BCUT2D eigenvalue weighted by molar-refractivity contribution is -0.141. The summed E-state index contributed by atoms with van der Waals surface area (Å²) in [6, 6.07) is 15.3. The molecule has 1 saturated heterocycles. The SMILES string of the molecule is C.C.C.C.C.C.C.C.C.C.C.C.C.C.C.C.C.C.C.C.C.C.C.C.C.C.C.C.C.C.C.C.C.C.C.C.C.C.C.C.C.C.C.C.C.C.C.C.C.C.C.C.C.C.C.C.C.C.C.C.C.C.C.C.C.C.C.C.C.C.C.C.C.C.C.CCOC(=O)N1CCC(Nc2ncc3cc(-c4ccccc4Cl)c(=O)n(CC(F)(F)F)c3n2)CC1.CS(=O)(=O)c1ncc2cc(-c3ccccc3Cl)c(=O)n(CC(F)(F)F)c2n1. The number of alkyl halides is 6. The van der Waals surface area contributed by atoms with E-state index in [0.29, 0.717) is 47.2 Å². The van der Waals surface area contributed by atoms with Crippen LogP contribution in [-0.4, -0.2) is 92.8 Å². The van der Waals surface area contributed by atoms with Gasteiger partial charge in [-0.25, -0.2) is 23.2 Å². The van der Waals surface area contributed by atoms with Gasteiger partial charge in [0.05, 0.1) is 6.61 Å². The van der Waals surface area contributed by atoms with Gasteiger partial charge in [0, 0.05) is 80.9 Å². The number of piperidine rings is 1. The van der Waals surface area contributed by atoms with E-state index in [2.05, 4.69) is 25.3 Å². The summed E-state index contributed by atoms with van der Waals surface area (Å²) in [6.45, 7) is -0.192. The van der Waals surface area contributed by atoms with E-state index in [1.807, 2.05) is 0 Å². The van der Waals surface area contributed by atoms with Crippen LogP contribution in [0.5, 0.6) is 0 Å². The second kappa shape index (κ2) is 245. The lowest BCUT2D eigenvalue weighted by Gasteiger charge is -2.31. The molecule has 0 saturated carbocycles. The molecular formula is C114H334Cl2F6N8O6S. The van der Waals surface area contributed by atoms with Crippen LogP contribution in [0.25, 0.3) is 44.3 Å². The number of benzene rings is 2. The summed E-state index contributed by atoms with van der Waals surface area (Å²) in [4.78, 5) is 55.2. The third kappa shape index (κ3) is 151. The van der Waals surface area contributed by atoms with Crippen molar-refractivity contribution in [3.8, 4) is 22.3 Å². The summed E-state index contributed by atoms with van der Waals surface area (Å²) < 4.78 is 109. The van der Waals surface area contributed by atoms with Crippen molar-refractivity contribution in [1.29, 1.82) is 0 Å². The first kappa shape index (κ1) is 594. The number of hydrogen-bond donors (Lipinski definition) is 1. The first-order valence-corrected chi connectivity index (χ1v) is 21.1. The van der Waals surface area contributed by atoms with E-state index in [-0.39, 0.29) is 618 Å². The molecule has 7 rings (SSSR count). The molecule has 0 atom stereocenters. The molecule has 1 amide bonds. The Morgan fingerprint density at radius 3 is 0.774 bits per heavy atom. The zero-order chi connectivity index (χ0) is 45.1. The van der Waals surface area contributed by atoms with E-state index >= 15 is 0 Å². The van der Waals surface area contributed by atoms with Gasteiger partial charge in [-0.05, 0) is 44.0 Å². The Kier molecular flexibility index (Phi) is 1060. The maximum absolute atomic E-state index is 13.4. The summed E-state index contributed by atoms with van der Waals surface area (Å²) in [5.74, 6) is 0.105. The molecular weight excluding hydrogens is 1790 g/mol. The van der Waals surface area contributed by atoms with E-state index in [1.165, 1.54) is 30.5 Å². The first-order chi connectivity index (χ1) is 29.1. The van der Waals surface area contributed by atoms with Crippen LogP contribution in [0.15, 0.2) is 87.8 Å². The monoisotopic (exact) mass is 2130 g/mol. The van der Waals surface area contributed by atoms with E-state index in [4.69, 9.17) is 27.9 Å². The van der Waals surface area contributed by atoms with Crippen molar-refractivity contribution in [1.82, 2.24) is 34.0 Å². The van der Waals surface area contributed by atoms with Crippen molar-refractivity contribution in [2.75, 3.05) is 31.3 Å². The zero-order valence-electron chi connectivity index (χ0n) is 32.5. The molecule has 2 aromatic carbocycles. The second-order valence-electron chi connectivity index (χ2n) is 13.9. The number of fused-ring (bicyclic) bond motifs is 2. The fourth-order valence-electron chi connectivity index (χ4n) is 6.55. The quantitative estimate of drug-likeness (QED) is 0.114. The Labute approximate surface area is 910 Å². The number of nitrogens with zero attached hydrogens (tertiary/aromatic N) is 7. The highest BCUT2D eigenvalue weighted by Crippen LogP contribution is 2.31. The lowest BCUT2D eigenvalue weighted by Crippen LogP contribution is -2.42. The average Bonchev–Trinajstić information content (AvgIpc) is 3.20. The van der Waals surface area contributed by atoms with Crippen LogP contribution in [0.3, 0.4) is 0 Å². The molecule has 137 heavy (non-hydrogen) atoms. The molecule has 0 spiro atoms. The van der Waals surface area contributed by atoms with Gasteiger partial charge in [0.2, 0.25) is 20.9 Å². The minimum absolute atomic E-state index is 0. The molecule has 5 heterocycles. The molecule has 23 heteroatoms. The summed E-state index contributed by atoms with van der Waals surface area (Å²) >= 11 is 12.3. The van der Waals surface area contributed by atoms with Crippen molar-refractivity contribution in [3.05, 3.63) is 104 Å². The Balaban J connectivity index is -0.00000000627. The number of aromatic nitrogens is 6. The molecule has 1 aliphatic rings. The summed E-state index contributed by atoms with van der Waals surface area (Å²) in [7, 11) is -3.88. The molecule has 0 radical (unpaired) electrons. The predicted molar refractivity (Wildman–Crippen MR) is 724 cm³/mol. The number of hydrogen-bond acceptors (Lipinski definition) is 11. The van der Waals surface area contributed by atoms with Gasteiger partial charge in [-0.1, -0.05) is 617 Å². The van der Waals surface area contributed by atoms with E-state index in [9.17, 15) is 49.1 Å². The summed E-state index contributed by atoms with van der Waals surface area (Å²) in [5, 5.41) is 3.21. The molecule has 4 aromatic heterocycles. The summed E-state index contributed by atoms with van der Waals surface area (Å²) in [6.07, 6.45) is -5.32. The number of rotatable bonds is 8. The van der Waals surface area contributed by atoms with Crippen LogP contribution in [0.4, 0.5) is 37.1 Å². The maximum Gasteiger partial charge on any atom is 0.409 e. The maximum atomic E-state index is 13.4. The minimum atomic E-state index is -4.73. The van der Waals surface area contributed by atoms with E-state index in [1.54, 1.807) is 48.2 Å². The lowest BCUT2D eigenvalue weighted by atomic mass is 10.1. The number of amides is 1. The topological polar surface area (TPSA) is 171 Å². The van der Waals surface area contributed by atoms with Crippen LogP contribution in [0, 0.1) is 0 Å². The van der Waals surface area contributed by atoms with Crippen LogP contribution in [0.2, 0.25) is 10.0 Å². The van der Waals surface area contributed by atoms with Gasteiger partial charge < -0.3 is 15.0 Å². The summed E-state index contributed by atoms with van der Waals surface area (Å²) in [5.41, 5.74) is -1.88. The molecule has 928 valence electrons.